The van der Waals surface area contributed by atoms with Crippen molar-refractivity contribution in [3.8, 4) is 0 Å². The van der Waals surface area contributed by atoms with E-state index in [1.165, 1.54) is 5.56 Å². The Kier molecular flexibility index (Phi) is 3.85. The average Bonchev–Trinajstić information content (AvgIpc) is 3.32. The summed E-state index contributed by atoms with van der Waals surface area (Å²) < 4.78 is 0. The van der Waals surface area contributed by atoms with Gasteiger partial charge in [-0.15, -0.1) is 0 Å². The number of carbonyl (C=O) groups excluding carboxylic acids is 1. The van der Waals surface area contributed by atoms with Gasteiger partial charge in [0.2, 0.25) is 0 Å². The first kappa shape index (κ1) is 14.1. The number of rotatable bonds is 4. The largest absolute Gasteiger partial charge is 0.307 e. The number of likely N-dealkylation sites (tertiary alicyclic amines) is 1. The Labute approximate surface area is 125 Å². The first-order valence-corrected chi connectivity index (χ1v) is 7.77. The summed E-state index contributed by atoms with van der Waals surface area (Å²) in [6.07, 6.45) is 5.26. The number of nitrogens with zero attached hydrogens (tertiary/aromatic N) is 1. The van der Waals surface area contributed by atoms with Gasteiger partial charge in [-0.3, -0.25) is 9.69 Å². The van der Waals surface area contributed by atoms with Gasteiger partial charge in [0.15, 0.2) is 6.29 Å². The van der Waals surface area contributed by atoms with E-state index in [2.05, 4.69) is 17.0 Å². The molecule has 1 atom stereocenters. The van der Waals surface area contributed by atoms with Crippen LogP contribution < -0.4 is 5.73 Å². The molecule has 1 aliphatic carbocycles. The Hall–Kier alpha value is -0.900. The molecule has 2 fully saturated rings. The summed E-state index contributed by atoms with van der Waals surface area (Å²) in [5.74, 6) is 0.922. The van der Waals surface area contributed by atoms with E-state index < -0.39 is 5.66 Å². The van der Waals surface area contributed by atoms with E-state index in [9.17, 15) is 4.79 Å². The minimum atomic E-state index is -0.717. The van der Waals surface area contributed by atoms with Crippen molar-refractivity contribution in [2.45, 2.75) is 37.3 Å². The Balaban J connectivity index is 1.64. The van der Waals surface area contributed by atoms with E-state index in [1.807, 2.05) is 12.1 Å². The highest BCUT2D eigenvalue weighted by Gasteiger charge is 2.47. The maximum absolute atomic E-state index is 11.4. The van der Waals surface area contributed by atoms with Crippen molar-refractivity contribution in [3.05, 3.63) is 34.9 Å². The molecule has 0 amide bonds. The van der Waals surface area contributed by atoms with Crippen molar-refractivity contribution in [2.75, 3.05) is 13.1 Å². The quantitative estimate of drug-likeness (QED) is 0.868. The van der Waals surface area contributed by atoms with Crippen LogP contribution >= 0.6 is 11.6 Å². The summed E-state index contributed by atoms with van der Waals surface area (Å²) >= 11 is 5.93. The van der Waals surface area contributed by atoms with Crippen molar-refractivity contribution in [2.24, 2.45) is 11.7 Å². The second-order valence-corrected chi connectivity index (χ2v) is 6.53. The lowest BCUT2D eigenvalue weighted by Crippen LogP contribution is -2.61. The fourth-order valence-corrected chi connectivity index (χ4v) is 3.44. The average molecular weight is 293 g/mol. The van der Waals surface area contributed by atoms with Gasteiger partial charge in [-0.1, -0.05) is 23.7 Å². The number of aldehydes is 1. The molecule has 0 spiro atoms. The fourth-order valence-electron chi connectivity index (χ4n) is 3.31. The number of hydrogen-bond acceptors (Lipinski definition) is 3. The Morgan fingerprint density at radius 3 is 2.25 bits per heavy atom. The predicted molar refractivity (Wildman–Crippen MR) is 80.7 cm³/mol. The molecule has 0 bridgehead atoms. The zero-order valence-corrected chi connectivity index (χ0v) is 12.4. The van der Waals surface area contributed by atoms with E-state index in [0.717, 1.165) is 50.1 Å². The van der Waals surface area contributed by atoms with Crippen LogP contribution in [0.5, 0.6) is 0 Å². The number of halogens is 1. The van der Waals surface area contributed by atoms with Gasteiger partial charge in [0.05, 0.1) is 0 Å². The number of benzene rings is 1. The normalized spacial score (nSPS) is 24.3. The molecule has 0 aromatic heterocycles. The van der Waals surface area contributed by atoms with Gasteiger partial charge < -0.3 is 5.73 Å². The van der Waals surface area contributed by atoms with Crippen LogP contribution in [0.4, 0.5) is 0 Å². The second kappa shape index (κ2) is 5.47. The highest BCUT2D eigenvalue weighted by molar-refractivity contribution is 6.30. The van der Waals surface area contributed by atoms with Crippen LogP contribution in [0.1, 0.15) is 37.2 Å². The number of hydrogen-bond donors (Lipinski definition) is 1. The second-order valence-electron chi connectivity index (χ2n) is 6.09. The van der Waals surface area contributed by atoms with Gasteiger partial charge in [-0.05, 0) is 55.2 Å². The van der Waals surface area contributed by atoms with Gasteiger partial charge in [-0.25, -0.2) is 0 Å². The molecule has 108 valence electrons. The summed E-state index contributed by atoms with van der Waals surface area (Å²) in [7, 11) is 0. The van der Waals surface area contributed by atoms with Gasteiger partial charge in [-0.2, -0.15) is 0 Å². The first-order chi connectivity index (χ1) is 9.63. The molecule has 0 unspecified atom stereocenters. The van der Waals surface area contributed by atoms with E-state index in [1.54, 1.807) is 0 Å². The smallest absolute Gasteiger partial charge is 0.154 e. The van der Waals surface area contributed by atoms with E-state index in [-0.39, 0.29) is 0 Å². The maximum Gasteiger partial charge on any atom is 0.154 e. The summed E-state index contributed by atoms with van der Waals surface area (Å²) in [4.78, 5) is 13.6. The lowest BCUT2D eigenvalue weighted by molar-refractivity contribution is -0.120. The van der Waals surface area contributed by atoms with Crippen LogP contribution in [0.2, 0.25) is 5.02 Å². The highest BCUT2D eigenvalue weighted by Crippen LogP contribution is 2.41. The molecule has 3 rings (SSSR count). The predicted octanol–water partition coefficient (Wildman–Crippen LogP) is 2.78. The van der Waals surface area contributed by atoms with Crippen LogP contribution in [-0.4, -0.2) is 29.9 Å². The molecule has 2 aliphatic rings. The van der Waals surface area contributed by atoms with Crippen LogP contribution in [0.25, 0.3) is 0 Å². The van der Waals surface area contributed by atoms with Crippen LogP contribution in [0, 0.1) is 5.92 Å². The molecule has 2 N–H and O–H groups in total. The molecule has 20 heavy (non-hydrogen) atoms. The maximum atomic E-state index is 11.4. The molecular weight excluding hydrogens is 272 g/mol. The van der Waals surface area contributed by atoms with Crippen LogP contribution in [0.15, 0.2) is 24.3 Å². The Morgan fingerprint density at radius 2 is 1.75 bits per heavy atom. The van der Waals surface area contributed by atoms with Gasteiger partial charge in [0, 0.05) is 18.1 Å². The summed E-state index contributed by atoms with van der Waals surface area (Å²) in [6, 6.07) is 8.12. The van der Waals surface area contributed by atoms with Crippen molar-refractivity contribution < 1.29 is 4.79 Å². The van der Waals surface area contributed by atoms with Crippen LogP contribution in [-0.2, 0) is 4.79 Å². The van der Waals surface area contributed by atoms with Crippen molar-refractivity contribution in [3.63, 3.8) is 0 Å². The molecule has 1 saturated heterocycles. The van der Waals surface area contributed by atoms with Gasteiger partial charge in [0.1, 0.15) is 5.66 Å². The Bertz CT molecular complexity index is 478. The van der Waals surface area contributed by atoms with Crippen molar-refractivity contribution in [1.29, 1.82) is 0 Å². The number of nitrogens with two attached hydrogens (primary N) is 1. The van der Waals surface area contributed by atoms with Gasteiger partial charge in [0.25, 0.3) is 0 Å². The minimum Gasteiger partial charge on any atom is -0.307 e. The first-order valence-electron chi connectivity index (χ1n) is 7.39. The zero-order chi connectivity index (χ0) is 14.2. The molecule has 1 saturated carbocycles. The number of carbonyl (C=O) groups is 1. The lowest BCUT2D eigenvalue weighted by Gasteiger charge is -2.42. The lowest BCUT2D eigenvalue weighted by atomic mass is 9.88. The third-order valence-electron chi connectivity index (χ3n) is 4.80. The summed E-state index contributed by atoms with van der Waals surface area (Å²) in [5, 5.41) is 0.779. The SMILES string of the molecule is N[C@](C=O)(C1CC1)N1CCC(c2ccc(Cl)cc2)CC1. The van der Waals surface area contributed by atoms with Crippen LogP contribution in [0.3, 0.4) is 0 Å². The summed E-state index contributed by atoms with van der Waals surface area (Å²) in [6.45, 7) is 1.80. The molecule has 1 heterocycles. The molecule has 1 aromatic rings. The molecule has 3 nitrogen and oxygen atoms in total. The third kappa shape index (κ3) is 2.62. The third-order valence-corrected chi connectivity index (χ3v) is 5.06. The zero-order valence-electron chi connectivity index (χ0n) is 11.6. The number of piperidine rings is 1. The fraction of sp³-hybridized carbons (Fsp3) is 0.562. The molecule has 1 aromatic carbocycles. The van der Waals surface area contributed by atoms with Crippen molar-refractivity contribution >= 4 is 17.9 Å². The Morgan fingerprint density at radius 1 is 1.15 bits per heavy atom. The minimum absolute atomic E-state index is 0.368. The van der Waals surface area contributed by atoms with E-state index in [0.29, 0.717) is 11.8 Å². The monoisotopic (exact) mass is 292 g/mol. The molecule has 4 heteroatoms. The van der Waals surface area contributed by atoms with E-state index in [4.69, 9.17) is 17.3 Å². The highest BCUT2D eigenvalue weighted by atomic mass is 35.5. The molecule has 1 aliphatic heterocycles. The molecular formula is C16H21ClN2O. The summed E-state index contributed by atoms with van der Waals surface area (Å²) in [5.41, 5.74) is 6.95. The van der Waals surface area contributed by atoms with Gasteiger partial charge >= 0.3 is 0 Å². The van der Waals surface area contributed by atoms with Crippen molar-refractivity contribution in [1.82, 2.24) is 4.90 Å². The topological polar surface area (TPSA) is 46.3 Å². The standard InChI is InChI=1S/C16H21ClN2O/c17-15-5-1-12(2-6-15)13-7-9-19(10-8-13)16(18,11-20)14-3-4-14/h1-2,5-6,11,13-14H,3-4,7-10,18H2/t16-/m0/s1. The molecule has 0 radical (unpaired) electrons. The van der Waals surface area contributed by atoms with E-state index >= 15 is 0 Å².